The first-order valence-corrected chi connectivity index (χ1v) is 27.6. The van der Waals surface area contributed by atoms with Crippen molar-refractivity contribution in [1.29, 1.82) is 0 Å². The highest BCUT2D eigenvalue weighted by Crippen LogP contribution is 2.47. The Morgan fingerprint density at radius 1 is 0.635 bits per heavy atom. The van der Waals surface area contributed by atoms with Crippen LogP contribution in [0, 0.1) is 6.92 Å². The third kappa shape index (κ3) is 13.3. The summed E-state index contributed by atoms with van der Waals surface area (Å²) in [6.45, 7) is 5.34. The molecular weight excluding hydrogens is 1100 g/mol. The van der Waals surface area contributed by atoms with Gasteiger partial charge in [-0.05, 0) is 113 Å². The molecule has 2 amide bonds. The zero-order chi connectivity index (χ0) is 54.5. The van der Waals surface area contributed by atoms with Crippen LogP contribution < -0.4 is 11.1 Å². The molecule has 0 fully saturated rings. The number of primary amides is 1. The molecule has 0 saturated heterocycles. The summed E-state index contributed by atoms with van der Waals surface area (Å²) in [6, 6.07) is 19.5. The van der Waals surface area contributed by atoms with Gasteiger partial charge in [-0.3, -0.25) is 18.2 Å². The van der Waals surface area contributed by atoms with Gasteiger partial charge in [0.2, 0.25) is 0 Å². The molecule has 0 saturated carbocycles. The second-order valence-corrected chi connectivity index (χ2v) is 22.2. The number of fused-ring (bicyclic) bond motifs is 3. The fourth-order valence-electron chi connectivity index (χ4n) is 7.26. The zero-order valence-corrected chi connectivity index (χ0v) is 42.7. The molecule has 0 aliphatic rings. The average Bonchev–Trinajstić information content (AvgIpc) is 3.32. The fourth-order valence-corrected chi connectivity index (χ4v) is 11.1. The zero-order valence-electron chi connectivity index (χ0n) is 37.8. The first-order valence-electron chi connectivity index (χ1n) is 20.4. The van der Waals surface area contributed by atoms with Crippen molar-refractivity contribution in [2.24, 2.45) is 26.2 Å². The highest BCUT2D eigenvalue weighted by Gasteiger charge is 2.25. The van der Waals surface area contributed by atoms with Gasteiger partial charge < -0.3 is 16.2 Å². The van der Waals surface area contributed by atoms with E-state index in [1.807, 2.05) is 6.92 Å². The van der Waals surface area contributed by atoms with Crippen LogP contribution in [-0.4, -0.2) is 73.5 Å². The smallest absolute Gasteiger partial charge is 0.316 e. The molecule has 7 aromatic rings. The molecule has 0 unspecified atom stereocenters. The van der Waals surface area contributed by atoms with Crippen molar-refractivity contribution in [2.75, 3.05) is 5.32 Å². The second-order valence-electron chi connectivity index (χ2n) is 15.1. The van der Waals surface area contributed by atoms with Crippen molar-refractivity contribution in [3.63, 3.8) is 0 Å². The summed E-state index contributed by atoms with van der Waals surface area (Å²) in [4.78, 5) is 9.03. The molecular formula is C42H38N6O20S6. The number of anilines is 1. The van der Waals surface area contributed by atoms with Crippen molar-refractivity contribution >= 4 is 131 Å². The third-order valence-corrected chi connectivity index (χ3v) is 15.2. The minimum atomic E-state index is -4.91. The lowest BCUT2D eigenvalue weighted by Gasteiger charge is -2.13. The minimum absolute atomic E-state index is 0.0157. The Balaban J connectivity index is 0.000000241. The van der Waals surface area contributed by atoms with Gasteiger partial charge >= 0.3 is 6.03 Å². The van der Waals surface area contributed by atoms with Gasteiger partial charge in [0.25, 0.3) is 40.5 Å². The van der Waals surface area contributed by atoms with Crippen molar-refractivity contribution in [2.45, 2.75) is 63.0 Å². The summed E-state index contributed by atoms with van der Waals surface area (Å²) in [7, 11) is -19.1. The number of nitrogens with one attached hydrogen (secondary N) is 1. The Hall–Kier alpha value is -6.31. The van der Waals surface area contributed by atoms with E-state index in [0.717, 1.165) is 35.4 Å². The number of carbonyl (C=O) groups is 1. The fraction of sp³-hybridized carbons (Fsp3) is 0.119. The topological polar surface area (TPSA) is 420 Å². The molecule has 0 radical (unpaired) electrons. The summed E-state index contributed by atoms with van der Waals surface area (Å²) in [5.74, 6) is -0.473. The number of azo groups is 2. The molecule has 7 aromatic carbocycles. The predicted octanol–water partition coefficient (Wildman–Crippen LogP) is 10.1. The Morgan fingerprint density at radius 2 is 1.28 bits per heavy atom. The van der Waals surface area contributed by atoms with E-state index in [2.05, 4.69) is 44.5 Å². The van der Waals surface area contributed by atoms with Crippen molar-refractivity contribution < 1.29 is 91.0 Å². The van der Waals surface area contributed by atoms with Crippen LogP contribution in [0.4, 0.5) is 33.2 Å². The molecule has 0 spiro atoms. The molecule has 0 aliphatic carbocycles. The number of nitrogens with two attached hydrogens (primary N) is 1. The molecule has 0 heterocycles. The highest BCUT2D eigenvalue weighted by atomic mass is 32.2. The van der Waals surface area contributed by atoms with Crippen molar-refractivity contribution in [3.8, 4) is 5.75 Å². The first-order chi connectivity index (χ1) is 34.7. The van der Waals surface area contributed by atoms with Crippen molar-refractivity contribution in [1.82, 2.24) is 0 Å². The Kier molecular flexibility index (Phi) is 17.8. The Labute approximate surface area is 428 Å². The van der Waals surface area contributed by atoms with Crippen LogP contribution in [0.5, 0.6) is 5.75 Å². The lowest BCUT2D eigenvalue weighted by atomic mass is 10.0. The average molecular weight is 1140 g/mol. The van der Waals surface area contributed by atoms with Crippen LogP contribution in [-0.2, 0) is 72.1 Å². The van der Waals surface area contributed by atoms with Gasteiger partial charge in [0.1, 0.15) is 37.4 Å². The third-order valence-electron chi connectivity index (χ3n) is 10.4. The quantitative estimate of drug-likeness (QED) is 0.0134. The van der Waals surface area contributed by atoms with Crippen molar-refractivity contribution in [3.05, 3.63) is 108 Å². The van der Waals surface area contributed by atoms with Crippen LogP contribution >= 0.6 is 24.1 Å². The van der Waals surface area contributed by atoms with Gasteiger partial charge in [-0.25, -0.2) is 15.3 Å². The number of amides is 2. The number of carbonyl (C=O) groups excluding carboxylic acids is 1. The van der Waals surface area contributed by atoms with E-state index in [1.165, 1.54) is 36.4 Å². The summed E-state index contributed by atoms with van der Waals surface area (Å²) in [5.41, 5.74) is 6.43. The number of hydrogen-bond donors (Lipinski definition) is 9. The molecule has 392 valence electrons. The summed E-state index contributed by atoms with van der Waals surface area (Å²) < 4.78 is 144. The standard InChI is InChI=1S/C23H20N2O10S3.C19H18N4O10S3/c1-3-13-9-15(37(28,29)30)10-14-11-19(36-35-34-27)21(22(26)20(13)14)25-24-18-8-7-16-12(2)5-4-6-17(16)23(18)38(31,32)33;1-2-10-3-4-14(15(5-10)21-19(20)24)22-23-16-9-13-11(7-18(16)36(29,30)31)6-12(34-33-32-25)8-17(13)35(26,27)28/h4-11,26-27H,3H2,1-2H3,(H,28,29,30)(H,31,32,33);3-9,25H,2H2,1H3,(H3,20,21,24)(H,26,27,28)(H,29,30,31). The monoisotopic (exact) mass is 1140 g/mol. The van der Waals surface area contributed by atoms with E-state index >= 15 is 0 Å². The summed E-state index contributed by atoms with van der Waals surface area (Å²) in [5, 5.41) is 54.3. The van der Waals surface area contributed by atoms with Gasteiger partial charge in [0.05, 0.1) is 39.6 Å². The van der Waals surface area contributed by atoms with E-state index in [-0.39, 0.29) is 65.9 Å². The maximum absolute atomic E-state index is 12.3. The van der Waals surface area contributed by atoms with Gasteiger partial charge in [-0.1, -0.05) is 54.3 Å². The van der Waals surface area contributed by atoms with E-state index < -0.39 is 77.5 Å². The first kappa shape index (κ1) is 57.0. The molecule has 0 aromatic heterocycles. The lowest BCUT2D eigenvalue weighted by molar-refractivity contribution is -0.432. The van der Waals surface area contributed by atoms with Crippen LogP contribution in [0.1, 0.15) is 30.5 Å². The number of phenolic OH excluding ortho intramolecular Hbond substituents is 1. The number of benzene rings is 7. The maximum atomic E-state index is 12.3. The normalized spacial score (nSPS) is 12.5. The van der Waals surface area contributed by atoms with Gasteiger partial charge in [-0.2, -0.15) is 33.7 Å². The van der Waals surface area contributed by atoms with E-state index in [4.69, 9.17) is 16.2 Å². The molecule has 26 nitrogen and oxygen atoms in total. The van der Waals surface area contributed by atoms with Crippen LogP contribution in [0.2, 0.25) is 0 Å². The number of nitrogens with zero attached hydrogens (tertiary/aromatic N) is 4. The number of phenols is 1. The van der Waals surface area contributed by atoms with E-state index in [1.54, 1.807) is 44.2 Å². The number of urea groups is 1. The minimum Gasteiger partial charge on any atom is -0.505 e. The molecule has 0 bridgehead atoms. The number of aryl methyl sites for hydroxylation is 3. The second kappa shape index (κ2) is 23.1. The highest BCUT2D eigenvalue weighted by molar-refractivity contribution is 7.95. The van der Waals surface area contributed by atoms with E-state index in [0.29, 0.717) is 41.5 Å². The van der Waals surface area contributed by atoms with Crippen LogP contribution in [0.25, 0.3) is 32.3 Å². The Bertz CT molecular complexity index is 3900. The molecule has 0 aliphatic heterocycles. The maximum Gasteiger partial charge on any atom is 0.316 e. The Morgan fingerprint density at radius 3 is 1.89 bits per heavy atom. The van der Waals surface area contributed by atoms with Crippen LogP contribution in [0.15, 0.2) is 141 Å². The molecule has 7 rings (SSSR count). The summed E-state index contributed by atoms with van der Waals surface area (Å²) >= 11 is 0.740. The van der Waals surface area contributed by atoms with Crippen LogP contribution in [0.3, 0.4) is 0 Å². The number of aromatic hydroxyl groups is 1. The molecule has 0 atom stereocenters. The summed E-state index contributed by atoms with van der Waals surface area (Å²) in [6.07, 6.45) is 0.875. The van der Waals surface area contributed by atoms with Gasteiger partial charge in [0.15, 0.2) is 5.75 Å². The molecule has 74 heavy (non-hydrogen) atoms. The van der Waals surface area contributed by atoms with Gasteiger partial charge in [0, 0.05) is 21.1 Å². The SMILES string of the molecule is CCc1cc(S(=O)(=O)O)cc2cc(SOOO)c(N=Nc3ccc4c(C)cccc4c3S(=O)(=O)O)c(O)c12.CCc1ccc(N=Nc2cc3c(S(=O)(=O)O)cc(SOOO)cc3cc2S(=O)(=O)O)c(NC(N)=O)c1. The van der Waals surface area contributed by atoms with Gasteiger partial charge in [-0.15, -0.1) is 29.1 Å². The van der Waals surface area contributed by atoms with E-state index in [9.17, 15) is 61.8 Å². The largest absolute Gasteiger partial charge is 0.505 e. The molecule has 10 N–H and O–H groups in total. The molecule has 32 heteroatoms. The predicted molar refractivity (Wildman–Crippen MR) is 266 cm³/mol. The number of hydrogen-bond acceptors (Lipinski definition) is 22. The lowest BCUT2D eigenvalue weighted by Crippen LogP contribution is -2.19. The number of rotatable bonds is 17.